The van der Waals surface area contributed by atoms with Gasteiger partial charge in [-0.2, -0.15) is 0 Å². The zero-order chi connectivity index (χ0) is 15.2. The van der Waals surface area contributed by atoms with Crippen LogP contribution in [0.5, 0.6) is 0 Å². The first-order valence-electron chi connectivity index (χ1n) is 9.64. The molecule has 2 saturated carbocycles. The Hall–Kier alpha value is -0.770. The van der Waals surface area contributed by atoms with Crippen molar-refractivity contribution in [1.82, 2.24) is 15.5 Å². The van der Waals surface area contributed by atoms with Gasteiger partial charge in [0, 0.05) is 38.3 Å². The number of aliphatic imine (C=N–C) groups is 1. The zero-order valence-electron chi connectivity index (χ0n) is 14.3. The molecule has 0 aromatic carbocycles. The Labute approximate surface area is 136 Å². The summed E-state index contributed by atoms with van der Waals surface area (Å²) in [5.41, 5.74) is 0. The summed E-state index contributed by atoms with van der Waals surface area (Å²) in [7, 11) is 0. The second-order valence-electron chi connectivity index (χ2n) is 7.41. The molecule has 0 aromatic heterocycles. The molecule has 3 fully saturated rings. The lowest BCUT2D eigenvalue weighted by Crippen LogP contribution is -2.45. The Morgan fingerprint density at radius 2 is 1.95 bits per heavy atom. The lowest BCUT2D eigenvalue weighted by atomic mass is 10.2. The molecule has 1 atom stereocenters. The van der Waals surface area contributed by atoms with E-state index in [4.69, 9.17) is 4.99 Å². The smallest absolute Gasteiger partial charge is 0.191 e. The van der Waals surface area contributed by atoms with Crippen LogP contribution in [-0.4, -0.2) is 49.1 Å². The van der Waals surface area contributed by atoms with Gasteiger partial charge in [0.1, 0.15) is 0 Å². The summed E-state index contributed by atoms with van der Waals surface area (Å²) in [6.45, 7) is 6.56. The third-order valence-corrected chi connectivity index (χ3v) is 5.48. The first-order chi connectivity index (χ1) is 10.8. The first kappa shape index (κ1) is 16.1. The fraction of sp³-hybridized carbons (Fsp3) is 0.944. The molecule has 22 heavy (non-hydrogen) atoms. The van der Waals surface area contributed by atoms with E-state index in [2.05, 4.69) is 22.5 Å². The van der Waals surface area contributed by atoms with Crippen LogP contribution in [0.1, 0.15) is 64.7 Å². The van der Waals surface area contributed by atoms with E-state index in [9.17, 15) is 0 Å². The number of nitrogens with zero attached hydrogens (tertiary/aromatic N) is 2. The second-order valence-corrected chi connectivity index (χ2v) is 7.41. The molecule has 4 heteroatoms. The summed E-state index contributed by atoms with van der Waals surface area (Å²) in [5.74, 6) is 2.07. The average molecular weight is 306 g/mol. The number of rotatable bonds is 7. The quantitative estimate of drug-likeness (QED) is 0.432. The normalized spacial score (nSPS) is 27.5. The van der Waals surface area contributed by atoms with E-state index >= 15 is 0 Å². The van der Waals surface area contributed by atoms with Crippen LogP contribution in [0.15, 0.2) is 4.99 Å². The third-order valence-electron chi connectivity index (χ3n) is 5.48. The van der Waals surface area contributed by atoms with Crippen LogP contribution < -0.4 is 10.6 Å². The molecule has 1 unspecified atom stereocenters. The van der Waals surface area contributed by atoms with Gasteiger partial charge in [0.2, 0.25) is 0 Å². The Kier molecular flexibility index (Phi) is 5.99. The van der Waals surface area contributed by atoms with Crippen molar-refractivity contribution in [3.63, 3.8) is 0 Å². The molecule has 3 aliphatic rings. The maximum atomic E-state index is 4.78. The van der Waals surface area contributed by atoms with Gasteiger partial charge < -0.3 is 10.6 Å². The van der Waals surface area contributed by atoms with E-state index in [0.29, 0.717) is 6.04 Å². The minimum Gasteiger partial charge on any atom is -0.357 e. The van der Waals surface area contributed by atoms with E-state index in [1.54, 1.807) is 0 Å². The van der Waals surface area contributed by atoms with Gasteiger partial charge in [0.05, 0.1) is 0 Å². The van der Waals surface area contributed by atoms with E-state index < -0.39 is 0 Å². The van der Waals surface area contributed by atoms with Crippen molar-refractivity contribution < 1.29 is 0 Å². The summed E-state index contributed by atoms with van der Waals surface area (Å²) in [6.07, 6.45) is 12.5. The number of nitrogens with one attached hydrogen (secondary N) is 2. The molecule has 1 aliphatic heterocycles. The summed E-state index contributed by atoms with van der Waals surface area (Å²) < 4.78 is 0. The van der Waals surface area contributed by atoms with Crippen molar-refractivity contribution in [2.24, 2.45) is 10.9 Å². The first-order valence-corrected chi connectivity index (χ1v) is 9.64. The Bertz CT molecular complexity index is 358. The van der Waals surface area contributed by atoms with Crippen LogP contribution in [0, 0.1) is 5.92 Å². The van der Waals surface area contributed by atoms with Crippen LogP contribution >= 0.6 is 0 Å². The van der Waals surface area contributed by atoms with Gasteiger partial charge >= 0.3 is 0 Å². The molecule has 1 heterocycles. The van der Waals surface area contributed by atoms with Crippen LogP contribution in [-0.2, 0) is 0 Å². The fourth-order valence-electron chi connectivity index (χ4n) is 4.00. The van der Waals surface area contributed by atoms with Gasteiger partial charge in [0.15, 0.2) is 5.96 Å². The lowest BCUT2D eigenvalue weighted by molar-refractivity contribution is 0.242. The predicted octanol–water partition coefficient (Wildman–Crippen LogP) is 2.75. The highest BCUT2D eigenvalue weighted by atomic mass is 15.3. The van der Waals surface area contributed by atoms with Crippen LogP contribution in [0.25, 0.3) is 0 Å². The third kappa shape index (κ3) is 4.87. The van der Waals surface area contributed by atoms with E-state index in [-0.39, 0.29) is 0 Å². The molecule has 126 valence electrons. The summed E-state index contributed by atoms with van der Waals surface area (Å²) in [5, 5.41) is 7.09. The summed E-state index contributed by atoms with van der Waals surface area (Å²) >= 11 is 0. The van der Waals surface area contributed by atoms with Crippen molar-refractivity contribution in [3.05, 3.63) is 0 Å². The molecule has 2 N–H and O–H groups in total. The van der Waals surface area contributed by atoms with Gasteiger partial charge in [0.25, 0.3) is 0 Å². The van der Waals surface area contributed by atoms with Crippen LogP contribution in [0.4, 0.5) is 0 Å². The average Bonchev–Trinajstić information content (AvgIpc) is 3.01. The number of hydrogen-bond donors (Lipinski definition) is 2. The summed E-state index contributed by atoms with van der Waals surface area (Å²) in [6, 6.07) is 1.45. The number of likely N-dealkylation sites (tertiary alicyclic amines) is 1. The maximum absolute atomic E-state index is 4.78. The lowest BCUT2D eigenvalue weighted by Gasteiger charge is -2.24. The molecular formula is C18H34N4. The molecule has 0 spiro atoms. The van der Waals surface area contributed by atoms with Crippen molar-refractivity contribution >= 4 is 5.96 Å². The van der Waals surface area contributed by atoms with Crippen molar-refractivity contribution in [2.45, 2.75) is 76.8 Å². The highest BCUT2D eigenvalue weighted by Gasteiger charge is 2.30. The second kappa shape index (κ2) is 8.19. The molecule has 1 saturated heterocycles. The summed E-state index contributed by atoms with van der Waals surface area (Å²) in [4.78, 5) is 7.48. The molecule has 0 bridgehead atoms. The Morgan fingerprint density at radius 1 is 1.14 bits per heavy atom. The standard InChI is InChI=1S/C18H34N4/c1-2-19-18(20-12-5-6-15-9-10-15)21-16-11-13-22(14-16)17-7-3-4-8-17/h15-17H,2-14H2,1H3,(H2,19,20,21). The highest BCUT2D eigenvalue weighted by Crippen LogP contribution is 2.33. The Balaban J connectivity index is 1.40. The Morgan fingerprint density at radius 3 is 2.68 bits per heavy atom. The van der Waals surface area contributed by atoms with Crippen molar-refractivity contribution in [3.8, 4) is 0 Å². The van der Waals surface area contributed by atoms with E-state index in [1.165, 1.54) is 70.9 Å². The van der Waals surface area contributed by atoms with Crippen LogP contribution in [0.3, 0.4) is 0 Å². The molecule has 2 aliphatic carbocycles. The van der Waals surface area contributed by atoms with Gasteiger partial charge in [-0.3, -0.25) is 9.89 Å². The van der Waals surface area contributed by atoms with E-state index in [1.807, 2.05) is 0 Å². The molecule has 3 rings (SSSR count). The van der Waals surface area contributed by atoms with Gasteiger partial charge in [-0.05, 0) is 44.9 Å². The molecule has 0 amide bonds. The van der Waals surface area contributed by atoms with E-state index in [0.717, 1.165) is 31.0 Å². The molecule has 4 nitrogen and oxygen atoms in total. The SMILES string of the molecule is CCNC(=NCCCC1CC1)NC1CCN(C2CCCC2)C1. The highest BCUT2D eigenvalue weighted by molar-refractivity contribution is 5.80. The molecule has 0 aromatic rings. The predicted molar refractivity (Wildman–Crippen MR) is 93.3 cm³/mol. The van der Waals surface area contributed by atoms with Crippen molar-refractivity contribution in [2.75, 3.05) is 26.2 Å². The minimum absolute atomic E-state index is 0.585. The monoisotopic (exact) mass is 306 g/mol. The fourth-order valence-corrected chi connectivity index (χ4v) is 4.00. The largest absolute Gasteiger partial charge is 0.357 e. The number of hydrogen-bond acceptors (Lipinski definition) is 2. The molecular weight excluding hydrogens is 272 g/mol. The minimum atomic E-state index is 0.585. The van der Waals surface area contributed by atoms with Gasteiger partial charge in [-0.15, -0.1) is 0 Å². The van der Waals surface area contributed by atoms with Gasteiger partial charge in [-0.25, -0.2) is 0 Å². The zero-order valence-corrected chi connectivity index (χ0v) is 14.3. The topological polar surface area (TPSA) is 39.7 Å². The van der Waals surface area contributed by atoms with Crippen molar-refractivity contribution in [1.29, 1.82) is 0 Å². The number of guanidine groups is 1. The van der Waals surface area contributed by atoms with Crippen LogP contribution in [0.2, 0.25) is 0 Å². The maximum Gasteiger partial charge on any atom is 0.191 e. The van der Waals surface area contributed by atoms with Gasteiger partial charge in [-0.1, -0.05) is 25.7 Å². The molecule has 0 radical (unpaired) electrons.